The molecule has 0 aliphatic carbocycles. The molecule has 0 heterocycles. The van der Waals surface area contributed by atoms with Crippen molar-refractivity contribution in [1.29, 1.82) is 0 Å². The lowest BCUT2D eigenvalue weighted by Gasteiger charge is -2.14. The third-order valence-electron chi connectivity index (χ3n) is 9.79. The zero-order valence-electron chi connectivity index (χ0n) is 38.7. The summed E-state index contributed by atoms with van der Waals surface area (Å²) in [5.74, 6) is -2.32. The number of carboxylic acid groups (broad SMARTS) is 2. The van der Waals surface area contributed by atoms with E-state index < -0.39 is 18.0 Å². The number of ether oxygens (including phenoxy) is 4. The zero-order chi connectivity index (χ0) is 46.5. The van der Waals surface area contributed by atoms with E-state index in [9.17, 15) is 38.7 Å². The van der Waals surface area contributed by atoms with Crippen LogP contribution in [0.2, 0.25) is 0 Å². The lowest BCUT2D eigenvalue weighted by Crippen LogP contribution is -2.41. The van der Waals surface area contributed by atoms with Crippen LogP contribution in [0.5, 0.6) is 0 Å². The van der Waals surface area contributed by atoms with Crippen molar-refractivity contribution in [2.45, 2.75) is 169 Å². The van der Waals surface area contributed by atoms with Gasteiger partial charge in [-0.1, -0.05) is 90.4 Å². The van der Waals surface area contributed by atoms with Gasteiger partial charge in [-0.05, 0) is 46.0 Å². The number of rotatable bonds is 43. The maximum Gasteiger partial charge on any atom is 0.326 e. The van der Waals surface area contributed by atoms with Crippen molar-refractivity contribution in [1.82, 2.24) is 21.3 Å². The fraction of sp³-hybridized carbons (Fsp3) is 0.844. The fourth-order valence-electron chi connectivity index (χ4n) is 5.94. The Balaban J connectivity index is 0. The van der Waals surface area contributed by atoms with Crippen molar-refractivity contribution in [3.8, 4) is 0 Å². The Hall–Kier alpha value is -3.67. The summed E-state index contributed by atoms with van der Waals surface area (Å²) in [7, 11) is 0. The molecule has 0 rings (SSSR count). The summed E-state index contributed by atoms with van der Waals surface area (Å²) >= 11 is 0. The van der Waals surface area contributed by atoms with E-state index in [1.165, 1.54) is 51.9 Å². The van der Waals surface area contributed by atoms with Crippen molar-refractivity contribution < 1.29 is 62.7 Å². The Morgan fingerprint density at radius 1 is 0.484 bits per heavy atom. The molecule has 0 spiro atoms. The normalized spacial score (nSPS) is 11.7. The van der Waals surface area contributed by atoms with Crippen molar-refractivity contribution in [2.75, 3.05) is 72.5 Å². The number of carbonyl (C=O) groups is 7. The van der Waals surface area contributed by atoms with E-state index in [4.69, 9.17) is 24.1 Å². The van der Waals surface area contributed by atoms with Gasteiger partial charge in [0.25, 0.3) is 0 Å². The van der Waals surface area contributed by atoms with Gasteiger partial charge < -0.3 is 50.4 Å². The molecular weight excluding hydrogens is 805 g/mol. The van der Waals surface area contributed by atoms with Crippen LogP contribution in [0.1, 0.15) is 163 Å². The predicted molar refractivity (Wildman–Crippen MR) is 238 cm³/mol. The van der Waals surface area contributed by atoms with Crippen molar-refractivity contribution in [2.24, 2.45) is 5.92 Å². The monoisotopic (exact) mass is 889 g/mol. The van der Waals surface area contributed by atoms with Gasteiger partial charge in [0.1, 0.15) is 18.4 Å². The molecule has 0 bridgehead atoms. The molecule has 62 heavy (non-hydrogen) atoms. The van der Waals surface area contributed by atoms with Crippen LogP contribution in [-0.2, 0) is 52.5 Å². The summed E-state index contributed by atoms with van der Waals surface area (Å²) in [6, 6.07) is -1.07. The van der Waals surface area contributed by atoms with Crippen molar-refractivity contribution in [3.05, 3.63) is 0 Å². The van der Waals surface area contributed by atoms with Gasteiger partial charge in [-0.15, -0.1) is 0 Å². The zero-order valence-corrected chi connectivity index (χ0v) is 38.7. The summed E-state index contributed by atoms with van der Waals surface area (Å²) in [5, 5.41) is 28.6. The highest BCUT2D eigenvalue weighted by Gasteiger charge is 2.20. The van der Waals surface area contributed by atoms with Gasteiger partial charge in [0, 0.05) is 58.3 Å². The van der Waals surface area contributed by atoms with E-state index in [0.29, 0.717) is 72.3 Å². The first-order valence-electron chi connectivity index (χ1n) is 23.1. The standard InChI is InChI=1S/C29H54N2O8.C16H30N2O5/c1-2-38-23-24-39-22-21-30-26(32)20-19-25(29(36)37)31-27(33)17-15-13-11-9-7-5-3-4-6-8-10-12-14-16-18-28(34)35;1-13(14(2)19)6-4-5-7-18-16(21)12-23-11-10-22-9-8-17-15(3)20/h25H,2-24H2,1H3,(H,30,32)(H,31,33)(H,34,35)(H,36,37);13H,4-12H2,1-3H3,(H,17,20)(H,18,21). The highest BCUT2D eigenvalue weighted by atomic mass is 16.5. The molecule has 17 nitrogen and oxygen atoms in total. The van der Waals surface area contributed by atoms with Crippen LogP contribution in [0.25, 0.3) is 0 Å². The maximum atomic E-state index is 12.2. The molecule has 0 saturated heterocycles. The van der Waals surface area contributed by atoms with Gasteiger partial charge >= 0.3 is 11.9 Å². The third-order valence-corrected chi connectivity index (χ3v) is 9.79. The molecule has 0 saturated carbocycles. The fourth-order valence-corrected chi connectivity index (χ4v) is 5.94. The van der Waals surface area contributed by atoms with Gasteiger partial charge in [-0.3, -0.25) is 28.8 Å². The molecule has 4 amide bonds. The van der Waals surface area contributed by atoms with Crippen LogP contribution < -0.4 is 21.3 Å². The minimum absolute atomic E-state index is 0.0128. The van der Waals surface area contributed by atoms with Crippen molar-refractivity contribution >= 4 is 41.4 Å². The van der Waals surface area contributed by atoms with Crippen LogP contribution in [0.3, 0.4) is 0 Å². The Labute approximate surface area is 371 Å². The van der Waals surface area contributed by atoms with Crippen LogP contribution >= 0.6 is 0 Å². The molecule has 2 atom stereocenters. The number of hydrogen-bond donors (Lipinski definition) is 6. The molecule has 2 unspecified atom stereocenters. The maximum absolute atomic E-state index is 12.2. The largest absolute Gasteiger partial charge is 0.481 e. The minimum Gasteiger partial charge on any atom is -0.481 e. The molecule has 0 aliphatic heterocycles. The lowest BCUT2D eigenvalue weighted by atomic mass is 10.0. The smallest absolute Gasteiger partial charge is 0.326 e. The first-order valence-corrected chi connectivity index (χ1v) is 23.1. The second-order valence-electron chi connectivity index (χ2n) is 15.5. The van der Waals surface area contributed by atoms with E-state index in [2.05, 4.69) is 21.3 Å². The number of hydrogen-bond acceptors (Lipinski definition) is 11. The van der Waals surface area contributed by atoms with Gasteiger partial charge in [-0.25, -0.2) is 4.79 Å². The van der Waals surface area contributed by atoms with Gasteiger partial charge in [0.15, 0.2) is 0 Å². The molecule has 0 aliphatic rings. The number of amides is 4. The quantitative estimate of drug-likeness (QED) is 0.0415. The van der Waals surface area contributed by atoms with Crippen LogP contribution in [0.15, 0.2) is 0 Å². The molecule has 0 aromatic heterocycles. The van der Waals surface area contributed by atoms with Crippen LogP contribution in [0.4, 0.5) is 0 Å². The van der Waals surface area contributed by atoms with E-state index in [-0.39, 0.29) is 61.2 Å². The number of carboxylic acids is 2. The van der Waals surface area contributed by atoms with Crippen molar-refractivity contribution in [3.63, 3.8) is 0 Å². The Morgan fingerprint density at radius 2 is 0.968 bits per heavy atom. The Kier molecular flexibility index (Phi) is 44.2. The van der Waals surface area contributed by atoms with E-state index >= 15 is 0 Å². The third kappa shape index (κ3) is 47.4. The van der Waals surface area contributed by atoms with Crippen LogP contribution in [0, 0.1) is 5.92 Å². The first-order chi connectivity index (χ1) is 29.8. The highest BCUT2D eigenvalue weighted by molar-refractivity contribution is 5.84. The number of aliphatic carboxylic acids is 2. The second kappa shape index (κ2) is 45.4. The lowest BCUT2D eigenvalue weighted by molar-refractivity contribution is -0.142. The molecule has 0 aromatic carbocycles. The summed E-state index contributed by atoms with van der Waals surface area (Å²) in [4.78, 5) is 79.1. The average Bonchev–Trinajstić information content (AvgIpc) is 3.22. The number of carbonyl (C=O) groups excluding carboxylic acids is 5. The van der Waals surface area contributed by atoms with E-state index in [1.807, 2.05) is 13.8 Å². The number of Topliss-reactive ketones (excluding diaryl/α,β-unsaturated/α-hetero) is 1. The molecule has 0 radical (unpaired) electrons. The van der Waals surface area contributed by atoms with E-state index in [0.717, 1.165) is 64.2 Å². The van der Waals surface area contributed by atoms with E-state index in [1.54, 1.807) is 6.92 Å². The topological polar surface area (TPSA) is 245 Å². The average molecular weight is 889 g/mol. The summed E-state index contributed by atoms with van der Waals surface area (Å²) in [6.07, 6.45) is 18.7. The predicted octanol–water partition coefficient (Wildman–Crippen LogP) is 5.50. The Morgan fingerprint density at radius 3 is 1.47 bits per heavy atom. The summed E-state index contributed by atoms with van der Waals surface area (Å²) in [6.45, 7) is 11.4. The minimum atomic E-state index is -1.13. The molecular formula is C45H84N4O13. The summed E-state index contributed by atoms with van der Waals surface area (Å²) < 4.78 is 20.9. The molecule has 362 valence electrons. The second-order valence-corrected chi connectivity index (χ2v) is 15.5. The molecule has 0 aromatic rings. The summed E-state index contributed by atoms with van der Waals surface area (Å²) in [5.41, 5.74) is 0. The van der Waals surface area contributed by atoms with Gasteiger partial charge in [-0.2, -0.15) is 0 Å². The molecule has 17 heteroatoms. The SMILES string of the molecule is CC(=O)NCCOCCOCC(=O)NCCCCC(C)C(C)=O.CCOCCOCCNC(=O)CCC(NC(=O)CCCCCCCCCCCCCCCCC(=O)O)C(=O)O. The van der Waals surface area contributed by atoms with Gasteiger partial charge in [0.05, 0.1) is 39.6 Å². The Bertz CT molecular complexity index is 1170. The first kappa shape index (κ1) is 60.4. The van der Waals surface area contributed by atoms with Gasteiger partial charge in [0.2, 0.25) is 23.6 Å². The van der Waals surface area contributed by atoms with Crippen LogP contribution in [-0.4, -0.2) is 130 Å². The number of nitrogens with one attached hydrogen (secondary N) is 4. The number of unbranched alkanes of at least 4 members (excludes halogenated alkanes) is 14. The number of ketones is 1. The molecule has 0 fully saturated rings. The highest BCUT2D eigenvalue weighted by Crippen LogP contribution is 2.14. The molecule has 6 N–H and O–H groups in total.